The van der Waals surface area contributed by atoms with Gasteiger partial charge in [-0.15, -0.1) is 11.8 Å². The van der Waals surface area contributed by atoms with E-state index in [0.717, 1.165) is 17.4 Å². The normalized spacial score (nSPS) is 10.5. The molecule has 70 valence electrons. The first-order valence-corrected chi connectivity index (χ1v) is 5.54. The third-order valence-electron chi connectivity index (χ3n) is 2.04. The lowest BCUT2D eigenvalue weighted by Gasteiger charge is -2.09. The maximum Gasteiger partial charge on any atom is 0.150 e. The number of carbonyl (C=O) groups excluding carboxylic acids is 1. The van der Waals surface area contributed by atoms with Gasteiger partial charge in [0.25, 0.3) is 0 Å². The van der Waals surface area contributed by atoms with Gasteiger partial charge >= 0.3 is 0 Å². The number of hydrogen-bond donors (Lipinski definition) is 0. The number of aldehydes is 1. The van der Waals surface area contributed by atoms with E-state index >= 15 is 0 Å². The molecule has 0 bridgehead atoms. The Morgan fingerprint density at radius 2 is 2.08 bits per heavy atom. The molecule has 0 N–H and O–H groups in total. The highest BCUT2D eigenvalue weighted by Gasteiger charge is 2.06. The molecule has 1 rings (SSSR count). The maximum atomic E-state index is 10.7. The highest BCUT2D eigenvalue weighted by Crippen LogP contribution is 2.24. The molecule has 0 heterocycles. The van der Waals surface area contributed by atoms with Gasteiger partial charge in [-0.3, -0.25) is 4.79 Å². The Bertz CT molecular complexity index is 305. The molecule has 1 aromatic rings. The molecule has 0 radical (unpaired) electrons. The van der Waals surface area contributed by atoms with Crippen molar-refractivity contribution in [1.29, 1.82) is 0 Å². The summed E-state index contributed by atoms with van der Waals surface area (Å²) >= 11 is 1.70. The van der Waals surface area contributed by atoms with E-state index in [4.69, 9.17) is 0 Å². The van der Waals surface area contributed by atoms with Gasteiger partial charge in [0.05, 0.1) is 0 Å². The van der Waals surface area contributed by atoms with Crippen molar-refractivity contribution >= 4 is 18.0 Å². The van der Waals surface area contributed by atoms with Gasteiger partial charge in [0.2, 0.25) is 0 Å². The molecule has 0 amide bonds. The minimum Gasteiger partial charge on any atom is -0.298 e. The Morgan fingerprint density at radius 3 is 2.54 bits per heavy atom. The predicted octanol–water partition coefficient (Wildman–Crippen LogP) is 3.34. The van der Waals surface area contributed by atoms with Crippen LogP contribution in [0.4, 0.5) is 0 Å². The summed E-state index contributed by atoms with van der Waals surface area (Å²) in [7, 11) is 0. The van der Waals surface area contributed by atoms with Gasteiger partial charge in [0.1, 0.15) is 6.29 Å². The zero-order valence-corrected chi connectivity index (χ0v) is 9.02. The number of hydrogen-bond acceptors (Lipinski definition) is 2. The summed E-state index contributed by atoms with van der Waals surface area (Å²) < 4.78 is 0. The van der Waals surface area contributed by atoms with Crippen LogP contribution in [0.1, 0.15) is 35.7 Å². The lowest BCUT2D eigenvalue weighted by molar-refractivity contribution is 0.112. The van der Waals surface area contributed by atoms with Gasteiger partial charge in [-0.05, 0) is 29.9 Å². The second kappa shape index (κ2) is 4.47. The SMILES string of the molecule is CSc1ccc(C=O)c(C(C)C)c1. The van der Waals surface area contributed by atoms with Crippen LogP contribution in [0.25, 0.3) is 0 Å². The second-order valence-corrected chi connectivity index (χ2v) is 4.15. The van der Waals surface area contributed by atoms with Crippen LogP contribution < -0.4 is 0 Å². The largest absolute Gasteiger partial charge is 0.298 e. The van der Waals surface area contributed by atoms with E-state index in [1.54, 1.807) is 11.8 Å². The van der Waals surface area contributed by atoms with Crippen LogP contribution in [-0.2, 0) is 0 Å². The van der Waals surface area contributed by atoms with Crippen molar-refractivity contribution < 1.29 is 4.79 Å². The predicted molar refractivity (Wildman–Crippen MR) is 57.7 cm³/mol. The van der Waals surface area contributed by atoms with Crippen LogP contribution in [0.2, 0.25) is 0 Å². The topological polar surface area (TPSA) is 17.1 Å². The fourth-order valence-electron chi connectivity index (χ4n) is 1.29. The van der Waals surface area contributed by atoms with E-state index in [0.29, 0.717) is 5.92 Å². The summed E-state index contributed by atoms with van der Waals surface area (Å²) in [5, 5.41) is 0. The first-order chi connectivity index (χ1) is 6.19. The van der Waals surface area contributed by atoms with E-state index in [1.807, 2.05) is 18.4 Å². The third kappa shape index (κ3) is 2.34. The van der Waals surface area contributed by atoms with E-state index in [9.17, 15) is 4.79 Å². The lowest BCUT2D eigenvalue weighted by Crippen LogP contribution is -1.95. The summed E-state index contributed by atoms with van der Waals surface area (Å²) in [6, 6.07) is 5.98. The molecule has 13 heavy (non-hydrogen) atoms. The molecule has 0 aliphatic rings. The summed E-state index contributed by atoms with van der Waals surface area (Å²) in [6.07, 6.45) is 2.97. The second-order valence-electron chi connectivity index (χ2n) is 3.27. The number of thioether (sulfide) groups is 1. The standard InChI is InChI=1S/C11H14OS/c1-8(2)11-6-10(13-3)5-4-9(11)7-12/h4-8H,1-3H3. The first-order valence-electron chi connectivity index (χ1n) is 4.32. The van der Waals surface area contributed by atoms with Gasteiger partial charge in [-0.25, -0.2) is 0 Å². The Balaban J connectivity index is 3.17. The average Bonchev–Trinajstić information content (AvgIpc) is 2.16. The number of carbonyl (C=O) groups is 1. The van der Waals surface area contributed by atoms with Crippen LogP contribution >= 0.6 is 11.8 Å². The molecule has 0 saturated heterocycles. The zero-order chi connectivity index (χ0) is 9.84. The molecule has 0 aromatic heterocycles. The average molecular weight is 194 g/mol. The fraction of sp³-hybridized carbons (Fsp3) is 0.364. The van der Waals surface area contributed by atoms with Crippen LogP contribution in [0.3, 0.4) is 0 Å². The van der Waals surface area contributed by atoms with Crippen molar-refractivity contribution in [2.45, 2.75) is 24.7 Å². The molecule has 0 saturated carbocycles. The van der Waals surface area contributed by atoms with Crippen LogP contribution in [0.15, 0.2) is 23.1 Å². The van der Waals surface area contributed by atoms with Crippen molar-refractivity contribution in [3.05, 3.63) is 29.3 Å². The van der Waals surface area contributed by atoms with E-state index in [1.165, 1.54) is 4.90 Å². The van der Waals surface area contributed by atoms with Crippen LogP contribution in [-0.4, -0.2) is 12.5 Å². The molecule has 0 aliphatic heterocycles. The van der Waals surface area contributed by atoms with Crippen molar-refractivity contribution in [1.82, 2.24) is 0 Å². The molecule has 0 spiro atoms. The molecule has 0 atom stereocenters. The highest BCUT2D eigenvalue weighted by atomic mass is 32.2. The first kappa shape index (κ1) is 10.3. The summed E-state index contributed by atoms with van der Waals surface area (Å²) in [5.41, 5.74) is 1.95. The molecular weight excluding hydrogens is 180 g/mol. The van der Waals surface area contributed by atoms with Crippen LogP contribution in [0.5, 0.6) is 0 Å². The van der Waals surface area contributed by atoms with E-state index in [-0.39, 0.29) is 0 Å². The molecule has 0 aliphatic carbocycles. The molecular formula is C11H14OS. The van der Waals surface area contributed by atoms with Crippen LogP contribution in [0, 0.1) is 0 Å². The molecule has 1 nitrogen and oxygen atoms in total. The smallest absolute Gasteiger partial charge is 0.150 e. The van der Waals surface area contributed by atoms with Gasteiger partial charge < -0.3 is 0 Å². The quantitative estimate of drug-likeness (QED) is 0.542. The minimum atomic E-state index is 0.410. The van der Waals surface area contributed by atoms with Gasteiger partial charge in [-0.2, -0.15) is 0 Å². The fourth-order valence-corrected chi connectivity index (χ4v) is 1.74. The maximum absolute atomic E-state index is 10.7. The minimum absolute atomic E-state index is 0.410. The molecule has 2 heteroatoms. The third-order valence-corrected chi connectivity index (χ3v) is 2.77. The summed E-state index contributed by atoms with van der Waals surface area (Å²) in [5.74, 6) is 0.410. The van der Waals surface area contributed by atoms with Gasteiger partial charge in [0.15, 0.2) is 0 Å². The highest BCUT2D eigenvalue weighted by molar-refractivity contribution is 7.98. The molecule has 1 aromatic carbocycles. The van der Waals surface area contributed by atoms with E-state index in [2.05, 4.69) is 19.9 Å². The van der Waals surface area contributed by atoms with Crippen molar-refractivity contribution in [2.24, 2.45) is 0 Å². The van der Waals surface area contributed by atoms with Gasteiger partial charge in [-0.1, -0.05) is 19.9 Å². The Morgan fingerprint density at radius 1 is 1.38 bits per heavy atom. The van der Waals surface area contributed by atoms with Gasteiger partial charge in [0, 0.05) is 10.5 Å². The Hall–Kier alpha value is -0.760. The van der Waals surface area contributed by atoms with Crippen molar-refractivity contribution in [2.75, 3.05) is 6.26 Å². The Kier molecular flexibility index (Phi) is 3.55. The summed E-state index contributed by atoms with van der Waals surface area (Å²) in [4.78, 5) is 11.9. The Labute approximate surface area is 83.5 Å². The van der Waals surface area contributed by atoms with Crippen molar-refractivity contribution in [3.63, 3.8) is 0 Å². The zero-order valence-electron chi connectivity index (χ0n) is 8.20. The number of rotatable bonds is 3. The van der Waals surface area contributed by atoms with Crippen molar-refractivity contribution in [3.8, 4) is 0 Å². The molecule has 0 unspecified atom stereocenters. The lowest BCUT2D eigenvalue weighted by atomic mass is 9.98. The summed E-state index contributed by atoms with van der Waals surface area (Å²) in [6.45, 7) is 4.21. The monoisotopic (exact) mass is 194 g/mol. The molecule has 0 fully saturated rings. The number of benzene rings is 1. The van der Waals surface area contributed by atoms with E-state index < -0.39 is 0 Å².